The SMILES string of the molecule is CCC.COC(=O)CN(c1cc(NC(C)=O)c(N)cc1OC)C(C)C=O.N#Cc1cc([N+](=O)[O-])cc(Cl)c1N. The summed E-state index contributed by atoms with van der Waals surface area (Å²) in [6.07, 6.45) is 1.94. The predicted octanol–water partition coefficient (Wildman–Crippen LogP) is 3.92. The van der Waals surface area contributed by atoms with Crippen LogP contribution in [0.4, 0.5) is 28.4 Å². The maximum Gasteiger partial charge on any atom is 0.325 e. The molecule has 5 N–H and O–H groups in total. The zero-order valence-electron chi connectivity index (χ0n) is 22.6. The van der Waals surface area contributed by atoms with E-state index in [2.05, 4.69) is 23.9 Å². The standard InChI is InChI=1S/C15H21N3O5.C7H4ClN3O2.C3H8/c1-9(8-19)18(7-15(21)23-4)13-6-12(17-10(2)20)11(16)5-14(13)22-3;8-6-2-5(11(12)13)1-4(3-9)7(6)10;1-3-2/h5-6,8-9H,7,16H2,1-4H3,(H,17,20);1-2H,10H2;3H2,1-2H3. The zero-order valence-corrected chi connectivity index (χ0v) is 23.4. The fraction of sp³-hybridized carbons (Fsp3) is 0.360. The van der Waals surface area contributed by atoms with Crippen molar-refractivity contribution >= 4 is 58.2 Å². The number of esters is 1. The number of benzene rings is 2. The van der Waals surface area contributed by atoms with Crippen molar-refractivity contribution in [2.45, 2.75) is 40.2 Å². The van der Waals surface area contributed by atoms with Crippen LogP contribution in [0.3, 0.4) is 0 Å². The van der Waals surface area contributed by atoms with Crippen molar-refractivity contribution in [3.63, 3.8) is 0 Å². The molecule has 1 amide bonds. The summed E-state index contributed by atoms with van der Waals surface area (Å²) < 4.78 is 9.93. The van der Waals surface area contributed by atoms with Gasteiger partial charge < -0.3 is 36.0 Å². The number of nitrogens with zero attached hydrogens (tertiary/aromatic N) is 3. The molecule has 0 aliphatic heterocycles. The van der Waals surface area contributed by atoms with Crippen molar-refractivity contribution < 1.29 is 28.8 Å². The van der Waals surface area contributed by atoms with Gasteiger partial charge in [0, 0.05) is 25.1 Å². The molecule has 1 atom stereocenters. The second-order valence-corrected chi connectivity index (χ2v) is 8.25. The highest BCUT2D eigenvalue weighted by atomic mass is 35.5. The van der Waals surface area contributed by atoms with Crippen molar-refractivity contribution in [2.24, 2.45) is 0 Å². The Labute approximate surface area is 231 Å². The Kier molecular flexibility index (Phi) is 15.0. The minimum atomic E-state index is -0.633. The average molecular weight is 565 g/mol. The third-order valence-electron chi connectivity index (χ3n) is 4.63. The Morgan fingerprint density at radius 3 is 2.28 bits per heavy atom. The maximum atomic E-state index is 11.6. The molecule has 0 radical (unpaired) electrons. The number of nitro benzene ring substituents is 1. The van der Waals surface area contributed by atoms with Crippen LogP contribution < -0.4 is 26.4 Å². The van der Waals surface area contributed by atoms with Crippen LogP contribution in [0.2, 0.25) is 5.02 Å². The van der Waals surface area contributed by atoms with Gasteiger partial charge in [-0.25, -0.2) is 0 Å². The Bertz CT molecular complexity index is 1220. The van der Waals surface area contributed by atoms with Crippen LogP contribution in [-0.4, -0.2) is 49.9 Å². The quantitative estimate of drug-likeness (QED) is 0.138. The third kappa shape index (κ3) is 10.7. The average Bonchev–Trinajstić information content (AvgIpc) is 2.89. The van der Waals surface area contributed by atoms with Crippen molar-refractivity contribution in [1.82, 2.24) is 0 Å². The molecule has 14 heteroatoms. The van der Waals surface area contributed by atoms with E-state index in [1.54, 1.807) is 19.1 Å². The first kappa shape index (κ1) is 34.4. The number of nitro groups is 1. The fourth-order valence-corrected chi connectivity index (χ4v) is 3.01. The molecule has 1 unspecified atom stereocenters. The summed E-state index contributed by atoms with van der Waals surface area (Å²) in [4.78, 5) is 45.3. The van der Waals surface area contributed by atoms with Crippen molar-refractivity contribution in [1.29, 1.82) is 5.26 Å². The highest BCUT2D eigenvalue weighted by Crippen LogP contribution is 2.36. The van der Waals surface area contributed by atoms with Crippen LogP contribution >= 0.6 is 11.6 Å². The van der Waals surface area contributed by atoms with Gasteiger partial charge in [-0.1, -0.05) is 31.9 Å². The number of nitrogen functional groups attached to an aromatic ring is 2. The maximum absolute atomic E-state index is 11.6. The van der Waals surface area contributed by atoms with Crippen LogP contribution in [0, 0.1) is 21.4 Å². The predicted molar refractivity (Wildman–Crippen MR) is 150 cm³/mol. The number of halogens is 1. The Morgan fingerprint density at radius 1 is 1.26 bits per heavy atom. The molecular weight excluding hydrogens is 532 g/mol. The van der Waals surface area contributed by atoms with E-state index >= 15 is 0 Å². The molecule has 2 aromatic carbocycles. The van der Waals surface area contributed by atoms with E-state index in [0.29, 0.717) is 29.1 Å². The molecule has 0 aliphatic carbocycles. The summed E-state index contributed by atoms with van der Waals surface area (Å²) in [7, 11) is 2.70. The molecule has 0 aliphatic rings. The zero-order chi connectivity index (χ0) is 30.3. The highest BCUT2D eigenvalue weighted by molar-refractivity contribution is 6.33. The number of nitriles is 1. The van der Waals surface area contributed by atoms with E-state index in [1.807, 2.05) is 0 Å². The monoisotopic (exact) mass is 564 g/mol. The van der Waals surface area contributed by atoms with E-state index < -0.39 is 16.9 Å². The Morgan fingerprint density at radius 2 is 1.85 bits per heavy atom. The number of non-ortho nitro benzene ring substituents is 1. The summed E-state index contributed by atoms with van der Waals surface area (Å²) >= 11 is 5.56. The second-order valence-electron chi connectivity index (χ2n) is 7.84. The van der Waals surface area contributed by atoms with Crippen LogP contribution in [-0.2, 0) is 19.1 Å². The number of ether oxygens (including phenoxy) is 2. The Hall–Kier alpha value is -4.57. The van der Waals surface area contributed by atoms with Crippen LogP contribution in [0.25, 0.3) is 0 Å². The minimum Gasteiger partial charge on any atom is -0.495 e. The molecular formula is C25H33ClN6O7. The lowest BCUT2D eigenvalue weighted by Crippen LogP contribution is -2.39. The number of hydrogen-bond donors (Lipinski definition) is 3. The lowest BCUT2D eigenvalue weighted by Gasteiger charge is -2.29. The first-order chi connectivity index (χ1) is 18.3. The molecule has 0 fully saturated rings. The number of aldehydes is 1. The van der Waals surface area contributed by atoms with Gasteiger partial charge in [-0.3, -0.25) is 19.7 Å². The molecule has 2 rings (SSSR count). The molecule has 0 aromatic heterocycles. The molecule has 212 valence electrons. The minimum absolute atomic E-state index is 0.0131. The highest BCUT2D eigenvalue weighted by Gasteiger charge is 2.23. The molecule has 2 aromatic rings. The van der Waals surface area contributed by atoms with Gasteiger partial charge in [0.2, 0.25) is 5.91 Å². The molecule has 0 heterocycles. The number of methoxy groups -OCH3 is 2. The number of carbonyl (C=O) groups is 3. The topological polar surface area (TPSA) is 204 Å². The van der Waals surface area contributed by atoms with E-state index in [-0.39, 0.29) is 34.4 Å². The van der Waals surface area contributed by atoms with Gasteiger partial charge in [0.1, 0.15) is 24.6 Å². The van der Waals surface area contributed by atoms with Gasteiger partial charge in [0.15, 0.2) is 0 Å². The van der Waals surface area contributed by atoms with Gasteiger partial charge in [-0.05, 0) is 13.0 Å². The molecule has 13 nitrogen and oxygen atoms in total. The second kappa shape index (κ2) is 17.0. The largest absolute Gasteiger partial charge is 0.495 e. The van der Waals surface area contributed by atoms with Crippen molar-refractivity contribution in [2.75, 3.05) is 42.4 Å². The van der Waals surface area contributed by atoms with E-state index in [4.69, 9.17) is 33.1 Å². The molecule has 0 bridgehead atoms. The number of nitrogens with one attached hydrogen (secondary N) is 1. The molecule has 0 saturated carbocycles. The summed E-state index contributed by atoms with van der Waals surface area (Å²) in [6.45, 7) is 7.07. The van der Waals surface area contributed by atoms with Crippen LogP contribution in [0.5, 0.6) is 5.75 Å². The number of anilines is 4. The number of hydrogen-bond acceptors (Lipinski definition) is 11. The van der Waals surface area contributed by atoms with E-state index in [1.165, 1.54) is 38.5 Å². The Balaban J connectivity index is 0.000000757. The van der Waals surface area contributed by atoms with Crippen molar-refractivity contribution in [3.8, 4) is 11.8 Å². The third-order valence-corrected chi connectivity index (χ3v) is 4.95. The smallest absolute Gasteiger partial charge is 0.325 e. The van der Waals surface area contributed by atoms with Gasteiger partial charge in [0.25, 0.3) is 5.69 Å². The van der Waals surface area contributed by atoms with E-state index in [0.717, 1.165) is 12.1 Å². The first-order valence-corrected chi connectivity index (χ1v) is 11.9. The van der Waals surface area contributed by atoms with E-state index in [9.17, 15) is 24.5 Å². The van der Waals surface area contributed by atoms with Gasteiger partial charge in [-0.2, -0.15) is 5.26 Å². The normalized spacial score (nSPS) is 10.2. The van der Waals surface area contributed by atoms with Crippen LogP contribution in [0.1, 0.15) is 39.7 Å². The molecule has 0 spiro atoms. The van der Waals surface area contributed by atoms with Gasteiger partial charge in [0.05, 0.1) is 58.5 Å². The summed E-state index contributed by atoms with van der Waals surface area (Å²) in [5.74, 6) is -0.441. The summed E-state index contributed by atoms with van der Waals surface area (Å²) in [6, 6.07) is 6.37. The molecule has 0 saturated heterocycles. The fourth-order valence-electron chi connectivity index (χ4n) is 2.80. The number of carbonyl (C=O) groups excluding carboxylic acids is 3. The lowest BCUT2D eigenvalue weighted by atomic mass is 10.1. The van der Waals surface area contributed by atoms with Gasteiger partial charge >= 0.3 is 5.97 Å². The first-order valence-electron chi connectivity index (χ1n) is 11.5. The number of amides is 1. The molecule has 39 heavy (non-hydrogen) atoms. The van der Waals surface area contributed by atoms with Crippen molar-refractivity contribution in [3.05, 3.63) is 45.0 Å². The van der Waals surface area contributed by atoms with Crippen LogP contribution in [0.15, 0.2) is 24.3 Å². The van der Waals surface area contributed by atoms with Gasteiger partial charge in [-0.15, -0.1) is 0 Å². The number of rotatable bonds is 8. The number of nitrogens with two attached hydrogens (primary N) is 2. The summed E-state index contributed by atoms with van der Waals surface area (Å²) in [5.41, 5.74) is 12.2. The lowest BCUT2D eigenvalue weighted by molar-refractivity contribution is -0.384. The summed E-state index contributed by atoms with van der Waals surface area (Å²) in [5, 5.41) is 21.5.